The average molecular weight is 285 g/mol. The monoisotopic (exact) mass is 284 g/mol. The van der Waals surface area contributed by atoms with Gasteiger partial charge >= 0.3 is 8.60 Å². The second-order valence-corrected chi connectivity index (χ2v) is 5.18. The van der Waals surface area contributed by atoms with Gasteiger partial charge in [-0.15, -0.1) is 4.67 Å². The van der Waals surface area contributed by atoms with Crippen LogP contribution in [0.2, 0.25) is 0 Å². The first-order valence-corrected chi connectivity index (χ1v) is 6.61. The van der Waals surface area contributed by atoms with Crippen LogP contribution >= 0.6 is 20.5 Å². The number of nitriles is 1. The second kappa shape index (κ2) is 9.01. The number of hydrogen-bond donors (Lipinski definition) is 0. The number of rotatable bonds is 8. The molecule has 2 unspecified atom stereocenters. The maximum atomic E-state index is 8.51. The van der Waals surface area contributed by atoms with E-state index in [1.807, 2.05) is 33.8 Å². The van der Waals surface area contributed by atoms with Crippen LogP contribution in [0.4, 0.5) is 0 Å². The summed E-state index contributed by atoms with van der Waals surface area (Å²) in [5, 5.41) is 10.2. The van der Waals surface area contributed by atoms with Gasteiger partial charge in [0.1, 0.15) is 0 Å². The molecule has 0 spiro atoms. The van der Waals surface area contributed by atoms with E-state index in [0.29, 0.717) is 0 Å². The minimum Gasteiger partial charge on any atom is -0.218 e. The summed E-state index contributed by atoms with van der Waals surface area (Å²) in [6, 6.07) is 2.10. The summed E-state index contributed by atoms with van der Waals surface area (Å²) in [5.41, 5.74) is 0. The van der Waals surface area contributed by atoms with Gasteiger partial charge in [0.2, 0.25) is 0 Å². The molecule has 8 heteroatoms. The molecule has 0 saturated heterocycles. The molecule has 0 N–H and O–H groups in total. The first kappa shape index (κ1) is 17.0. The highest BCUT2D eigenvalue weighted by atomic mass is 35.5. The van der Waals surface area contributed by atoms with Gasteiger partial charge in [-0.25, -0.2) is 9.51 Å². The Labute approximate surface area is 108 Å². The summed E-state index contributed by atoms with van der Waals surface area (Å²) in [6.45, 7) is 9.37. The van der Waals surface area contributed by atoms with E-state index < -0.39 is 14.7 Å². The lowest BCUT2D eigenvalue weighted by Gasteiger charge is -2.30. The number of halogens is 1. The fourth-order valence-electron chi connectivity index (χ4n) is 1.02. The number of nitrogens with zero attached hydrogens (tertiary/aromatic N) is 2. The Hall–Kier alpha value is 0.01000. The predicted octanol–water partition coefficient (Wildman–Crippen LogP) is 3.29. The van der Waals surface area contributed by atoms with Gasteiger partial charge < -0.3 is 0 Å². The van der Waals surface area contributed by atoms with Crippen molar-refractivity contribution < 1.29 is 18.3 Å². The Morgan fingerprint density at radius 2 is 1.71 bits per heavy atom. The van der Waals surface area contributed by atoms with Crippen molar-refractivity contribution in [3.63, 3.8) is 0 Å². The molecule has 0 aliphatic rings. The van der Waals surface area contributed by atoms with Crippen molar-refractivity contribution in [3.05, 3.63) is 0 Å². The molecule has 0 aromatic carbocycles. The lowest BCUT2D eigenvalue weighted by atomic mass is 10.3. The van der Waals surface area contributed by atoms with Crippen molar-refractivity contribution in [3.8, 4) is 6.07 Å². The fraction of sp³-hybridized carbons (Fsp3) is 0.889. The van der Waals surface area contributed by atoms with Gasteiger partial charge in [0.05, 0.1) is 17.9 Å². The first-order valence-electron chi connectivity index (χ1n) is 5.20. The normalized spacial score (nSPS) is 15.3. The maximum Gasteiger partial charge on any atom is 0.398 e. The summed E-state index contributed by atoms with van der Waals surface area (Å²) in [4.78, 5) is 4.71. The van der Waals surface area contributed by atoms with Crippen LogP contribution in [0.1, 0.15) is 34.6 Å². The van der Waals surface area contributed by atoms with E-state index in [1.54, 1.807) is 5.06 Å². The Balaban J connectivity index is 4.23. The van der Waals surface area contributed by atoms with Gasteiger partial charge in [-0.3, -0.25) is 0 Å². The van der Waals surface area contributed by atoms with E-state index in [4.69, 9.17) is 31.3 Å². The van der Waals surface area contributed by atoms with Crippen LogP contribution in [0.15, 0.2) is 0 Å². The van der Waals surface area contributed by atoms with Crippen LogP contribution in [-0.2, 0) is 18.3 Å². The molecule has 0 aromatic heterocycles. The number of hydrogen-bond acceptors (Lipinski definition) is 6. The molecule has 0 aliphatic carbocycles. The molecule has 6 nitrogen and oxygen atoms in total. The summed E-state index contributed by atoms with van der Waals surface area (Å²) in [5.74, 6) is 0. The first-order chi connectivity index (χ1) is 7.92. The molecule has 100 valence electrons. The third-order valence-electron chi connectivity index (χ3n) is 1.67. The molecule has 0 saturated carbocycles. The number of hydroxylamine groups is 2. The molecule has 2 atom stereocenters. The topological polar surface area (TPSA) is 64.0 Å². The predicted molar refractivity (Wildman–Crippen MR) is 64.3 cm³/mol. The Morgan fingerprint density at radius 3 is 2.06 bits per heavy atom. The largest absolute Gasteiger partial charge is 0.398 e. The van der Waals surface area contributed by atoms with Crippen molar-refractivity contribution in [2.24, 2.45) is 0 Å². The molecule has 0 heterocycles. The molecule has 17 heavy (non-hydrogen) atoms. The summed E-state index contributed by atoms with van der Waals surface area (Å²) < 4.78 is 14.7. The van der Waals surface area contributed by atoms with E-state index in [0.717, 1.165) is 0 Å². The fourth-order valence-corrected chi connectivity index (χ4v) is 1.97. The van der Waals surface area contributed by atoms with Gasteiger partial charge in [-0.1, -0.05) is 0 Å². The van der Waals surface area contributed by atoms with Crippen LogP contribution in [0, 0.1) is 11.3 Å². The molecule has 0 aromatic rings. The molecule has 0 fully saturated rings. The van der Waals surface area contributed by atoms with Crippen molar-refractivity contribution in [2.45, 2.75) is 52.8 Å². The Bertz CT molecular complexity index is 242. The molecule has 0 bridgehead atoms. The summed E-state index contributed by atoms with van der Waals surface area (Å²) in [6.07, 6.45) is -0.720. The molecular formula is C9H18ClN2O4P. The molecule has 0 aliphatic heterocycles. The van der Waals surface area contributed by atoms with Crippen molar-refractivity contribution in [1.29, 1.82) is 5.26 Å². The van der Waals surface area contributed by atoms with Crippen LogP contribution < -0.4 is 0 Å². The lowest BCUT2D eigenvalue weighted by Crippen LogP contribution is -2.35. The van der Waals surface area contributed by atoms with Gasteiger partial charge in [-0.2, -0.15) is 14.4 Å². The summed E-state index contributed by atoms with van der Waals surface area (Å²) in [7, 11) is -1.88. The van der Waals surface area contributed by atoms with Crippen molar-refractivity contribution in [1.82, 2.24) is 5.06 Å². The highest BCUT2D eigenvalue weighted by Gasteiger charge is 2.24. The van der Waals surface area contributed by atoms with E-state index in [9.17, 15) is 0 Å². The van der Waals surface area contributed by atoms with Crippen LogP contribution in [-0.4, -0.2) is 23.3 Å². The minimum absolute atomic E-state index is 0.129. The summed E-state index contributed by atoms with van der Waals surface area (Å²) >= 11 is 5.24. The van der Waals surface area contributed by atoms with Gasteiger partial charge in [0.15, 0.2) is 6.10 Å². The Kier molecular flexibility index (Phi) is 9.01. The van der Waals surface area contributed by atoms with Crippen LogP contribution in [0.3, 0.4) is 0 Å². The Morgan fingerprint density at radius 1 is 1.18 bits per heavy atom. The minimum atomic E-state index is -1.88. The molecule has 0 rings (SSSR count). The van der Waals surface area contributed by atoms with Crippen LogP contribution in [0.5, 0.6) is 0 Å². The molecule has 0 amide bonds. The zero-order chi connectivity index (χ0) is 13.4. The van der Waals surface area contributed by atoms with E-state index in [2.05, 4.69) is 4.08 Å². The van der Waals surface area contributed by atoms with Gasteiger partial charge in [-0.05, 0) is 34.6 Å². The third-order valence-corrected chi connectivity index (χ3v) is 2.65. The standard InChI is InChI=1S/C9H18ClN2O4P/c1-7(2)12(8(3)4)15-17(14-10)16-13-9(5)6-11/h7-9H,1-5H3. The van der Waals surface area contributed by atoms with Crippen molar-refractivity contribution in [2.75, 3.05) is 0 Å². The molecular weight excluding hydrogens is 267 g/mol. The molecule has 0 radical (unpaired) electrons. The van der Waals surface area contributed by atoms with E-state index >= 15 is 0 Å². The van der Waals surface area contributed by atoms with Crippen molar-refractivity contribution >= 4 is 20.5 Å². The van der Waals surface area contributed by atoms with Gasteiger partial charge in [0, 0.05) is 12.1 Å². The second-order valence-electron chi connectivity index (χ2n) is 3.86. The van der Waals surface area contributed by atoms with E-state index in [-0.39, 0.29) is 12.1 Å². The zero-order valence-electron chi connectivity index (χ0n) is 10.6. The highest BCUT2D eigenvalue weighted by Crippen LogP contribution is 2.43. The van der Waals surface area contributed by atoms with E-state index in [1.165, 1.54) is 6.92 Å². The zero-order valence-corrected chi connectivity index (χ0v) is 12.2. The SMILES string of the molecule is CC(C#N)OOP(OCl)ON(C(C)C)C(C)C. The van der Waals surface area contributed by atoms with Gasteiger partial charge in [0.25, 0.3) is 0 Å². The average Bonchev–Trinajstić information content (AvgIpc) is 2.27. The highest BCUT2D eigenvalue weighted by molar-refractivity contribution is 7.42. The maximum absolute atomic E-state index is 8.51. The van der Waals surface area contributed by atoms with Crippen LogP contribution in [0.25, 0.3) is 0 Å². The smallest absolute Gasteiger partial charge is 0.218 e. The quantitative estimate of drug-likeness (QED) is 0.387. The third kappa shape index (κ3) is 7.12. The lowest BCUT2D eigenvalue weighted by molar-refractivity contribution is -0.247.